The van der Waals surface area contributed by atoms with Crippen LogP contribution < -0.4 is 5.32 Å². The zero-order valence-electron chi connectivity index (χ0n) is 10.1. The van der Waals surface area contributed by atoms with Crippen LogP contribution >= 0.6 is 11.3 Å². The van der Waals surface area contributed by atoms with Crippen LogP contribution in [0.2, 0.25) is 0 Å². The summed E-state index contributed by atoms with van der Waals surface area (Å²) < 4.78 is 5.37. The first-order valence-electron chi connectivity index (χ1n) is 5.91. The summed E-state index contributed by atoms with van der Waals surface area (Å²) in [5, 5.41) is 15.6. The first-order valence-corrected chi connectivity index (χ1v) is 6.79. The summed E-state index contributed by atoms with van der Waals surface area (Å²) in [7, 11) is 0. The van der Waals surface area contributed by atoms with E-state index in [-0.39, 0.29) is 0 Å². The Balaban J connectivity index is 1.79. The fourth-order valence-electron chi connectivity index (χ4n) is 1.87. The van der Waals surface area contributed by atoms with Crippen LogP contribution in [-0.4, -0.2) is 31.4 Å². The maximum atomic E-state index is 10.3. The van der Waals surface area contributed by atoms with E-state index in [0.29, 0.717) is 13.2 Å². The van der Waals surface area contributed by atoms with Crippen LogP contribution in [0.4, 0.5) is 0 Å². The van der Waals surface area contributed by atoms with Crippen molar-refractivity contribution in [1.82, 2.24) is 5.32 Å². The summed E-state index contributed by atoms with van der Waals surface area (Å²) in [6, 6.07) is 3.93. The molecule has 2 heterocycles. The van der Waals surface area contributed by atoms with Crippen LogP contribution in [0.5, 0.6) is 0 Å². The van der Waals surface area contributed by atoms with Crippen LogP contribution in [-0.2, 0) is 10.3 Å². The van der Waals surface area contributed by atoms with E-state index in [4.69, 9.17) is 4.74 Å². The number of hydrogen-bond donors (Lipinski definition) is 2. The normalized spacial score (nSPS) is 19.8. The van der Waals surface area contributed by atoms with Gasteiger partial charge < -0.3 is 15.2 Å². The number of nitrogens with one attached hydrogen (secondary N) is 1. The third-order valence-corrected chi connectivity index (χ3v) is 3.98. The second-order valence-corrected chi connectivity index (χ2v) is 5.51. The maximum absolute atomic E-state index is 10.3. The fraction of sp³-hybridized carbons (Fsp3) is 0.538. The van der Waals surface area contributed by atoms with Gasteiger partial charge in [0.1, 0.15) is 5.60 Å². The molecular formula is C13H19NO2S. The van der Waals surface area contributed by atoms with E-state index in [9.17, 15) is 5.11 Å². The standard InChI is InChI=1S/C13H19NO2S/c1-13(15,12-5-3-7-17-12)10-14-8-11-4-2-6-16-9-11/h3-5,7,14-15H,2,6,8-10H2,1H3. The SMILES string of the molecule is CC(O)(CNCC1=CCCOC1)c1cccs1. The average molecular weight is 253 g/mol. The maximum Gasteiger partial charge on any atom is 0.108 e. The topological polar surface area (TPSA) is 41.5 Å². The van der Waals surface area contributed by atoms with Crippen molar-refractivity contribution < 1.29 is 9.84 Å². The first-order chi connectivity index (χ1) is 8.18. The molecule has 0 aromatic carbocycles. The Morgan fingerprint density at radius 1 is 1.59 bits per heavy atom. The lowest BCUT2D eigenvalue weighted by molar-refractivity contribution is 0.0610. The predicted octanol–water partition coefficient (Wildman–Crippen LogP) is 1.89. The van der Waals surface area contributed by atoms with Crippen LogP contribution in [0, 0.1) is 0 Å². The molecule has 94 valence electrons. The van der Waals surface area contributed by atoms with Crippen molar-refractivity contribution in [2.75, 3.05) is 26.3 Å². The monoisotopic (exact) mass is 253 g/mol. The van der Waals surface area contributed by atoms with E-state index in [2.05, 4.69) is 11.4 Å². The van der Waals surface area contributed by atoms with Gasteiger partial charge in [-0.15, -0.1) is 11.3 Å². The third kappa shape index (κ3) is 3.64. The van der Waals surface area contributed by atoms with Gasteiger partial charge in [0, 0.05) is 18.0 Å². The zero-order chi connectivity index (χ0) is 12.1. The van der Waals surface area contributed by atoms with Crippen LogP contribution in [0.1, 0.15) is 18.2 Å². The van der Waals surface area contributed by atoms with Crippen molar-refractivity contribution in [3.63, 3.8) is 0 Å². The molecule has 0 spiro atoms. The average Bonchev–Trinajstić information content (AvgIpc) is 2.84. The number of aliphatic hydroxyl groups is 1. The minimum absolute atomic E-state index is 0.560. The van der Waals surface area contributed by atoms with Gasteiger partial charge in [0.15, 0.2) is 0 Å². The van der Waals surface area contributed by atoms with Crippen molar-refractivity contribution >= 4 is 11.3 Å². The fourth-order valence-corrected chi connectivity index (χ4v) is 2.66. The smallest absolute Gasteiger partial charge is 0.108 e. The molecule has 2 rings (SSSR count). The Labute approximate surface area is 106 Å². The molecule has 0 saturated heterocycles. The first kappa shape index (κ1) is 12.8. The number of rotatable bonds is 5. The molecule has 0 amide bonds. The molecule has 1 aliphatic heterocycles. The Kier molecular flexibility index (Phi) is 4.34. The summed E-state index contributed by atoms with van der Waals surface area (Å²) in [6.07, 6.45) is 3.22. The third-order valence-electron chi connectivity index (χ3n) is 2.86. The Bertz CT molecular complexity index is 371. The second-order valence-electron chi connectivity index (χ2n) is 4.56. The lowest BCUT2D eigenvalue weighted by atomic mass is 10.1. The summed E-state index contributed by atoms with van der Waals surface area (Å²) in [5.74, 6) is 0. The minimum atomic E-state index is -0.787. The number of ether oxygens (including phenoxy) is 1. The second kappa shape index (κ2) is 5.78. The quantitative estimate of drug-likeness (QED) is 0.787. The van der Waals surface area contributed by atoms with Crippen molar-refractivity contribution in [1.29, 1.82) is 0 Å². The zero-order valence-corrected chi connectivity index (χ0v) is 10.9. The molecule has 0 bridgehead atoms. The van der Waals surface area contributed by atoms with Gasteiger partial charge in [0.2, 0.25) is 0 Å². The van der Waals surface area contributed by atoms with E-state index in [1.54, 1.807) is 11.3 Å². The lowest BCUT2D eigenvalue weighted by Crippen LogP contribution is -2.36. The molecule has 2 N–H and O–H groups in total. The highest BCUT2D eigenvalue weighted by molar-refractivity contribution is 7.10. The number of hydrogen-bond acceptors (Lipinski definition) is 4. The molecule has 3 nitrogen and oxygen atoms in total. The van der Waals surface area contributed by atoms with Gasteiger partial charge in [0.25, 0.3) is 0 Å². The van der Waals surface area contributed by atoms with E-state index >= 15 is 0 Å². The molecule has 0 aliphatic carbocycles. The molecule has 0 fully saturated rings. The molecule has 4 heteroatoms. The summed E-state index contributed by atoms with van der Waals surface area (Å²) >= 11 is 1.59. The highest BCUT2D eigenvalue weighted by Gasteiger charge is 2.23. The van der Waals surface area contributed by atoms with E-state index in [1.165, 1.54) is 5.57 Å². The molecule has 0 saturated carbocycles. The molecule has 1 atom stereocenters. The lowest BCUT2D eigenvalue weighted by Gasteiger charge is -2.23. The largest absolute Gasteiger partial charge is 0.383 e. The van der Waals surface area contributed by atoms with Gasteiger partial charge in [-0.2, -0.15) is 0 Å². The summed E-state index contributed by atoms with van der Waals surface area (Å²) in [4.78, 5) is 0.999. The van der Waals surface area contributed by atoms with E-state index < -0.39 is 5.60 Å². The highest BCUT2D eigenvalue weighted by Crippen LogP contribution is 2.24. The van der Waals surface area contributed by atoms with Gasteiger partial charge in [-0.1, -0.05) is 12.1 Å². The van der Waals surface area contributed by atoms with Crippen LogP contribution in [0.15, 0.2) is 29.2 Å². The molecule has 1 aromatic heterocycles. The Hall–Kier alpha value is -0.680. The summed E-state index contributed by atoms with van der Waals surface area (Å²) in [5.41, 5.74) is 0.489. The number of thiophene rings is 1. The molecule has 0 radical (unpaired) electrons. The van der Waals surface area contributed by atoms with Crippen LogP contribution in [0.25, 0.3) is 0 Å². The van der Waals surface area contributed by atoms with Crippen molar-refractivity contribution in [2.24, 2.45) is 0 Å². The van der Waals surface area contributed by atoms with Crippen molar-refractivity contribution in [3.05, 3.63) is 34.0 Å². The molecular weight excluding hydrogens is 234 g/mol. The van der Waals surface area contributed by atoms with Gasteiger partial charge in [0.05, 0.1) is 13.2 Å². The van der Waals surface area contributed by atoms with Gasteiger partial charge in [-0.05, 0) is 30.4 Å². The Morgan fingerprint density at radius 2 is 2.47 bits per heavy atom. The molecule has 17 heavy (non-hydrogen) atoms. The summed E-state index contributed by atoms with van der Waals surface area (Å²) in [6.45, 7) is 4.74. The van der Waals surface area contributed by atoms with Crippen LogP contribution in [0.3, 0.4) is 0 Å². The molecule has 1 aromatic rings. The van der Waals surface area contributed by atoms with Gasteiger partial charge >= 0.3 is 0 Å². The molecule has 1 unspecified atom stereocenters. The Morgan fingerprint density at radius 3 is 3.12 bits per heavy atom. The highest BCUT2D eigenvalue weighted by atomic mass is 32.1. The minimum Gasteiger partial charge on any atom is -0.383 e. The predicted molar refractivity (Wildman–Crippen MR) is 70.3 cm³/mol. The van der Waals surface area contributed by atoms with E-state index in [1.807, 2.05) is 24.4 Å². The van der Waals surface area contributed by atoms with Crippen molar-refractivity contribution in [3.8, 4) is 0 Å². The van der Waals surface area contributed by atoms with Gasteiger partial charge in [-0.25, -0.2) is 0 Å². The van der Waals surface area contributed by atoms with Gasteiger partial charge in [-0.3, -0.25) is 0 Å². The van der Waals surface area contributed by atoms with Crippen molar-refractivity contribution in [2.45, 2.75) is 18.9 Å². The van der Waals surface area contributed by atoms with E-state index in [0.717, 1.165) is 24.4 Å². The molecule has 1 aliphatic rings.